The van der Waals surface area contributed by atoms with Gasteiger partial charge in [0.2, 0.25) is 0 Å². The lowest BCUT2D eigenvalue weighted by molar-refractivity contribution is -0.137. The largest absolute Gasteiger partial charge is 0.419 e. The van der Waals surface area contributed by atoms with Gasteiger partial charge in [-0.15, -0.1) is 0 Å². The van der Waals surface area contributed by atoms with Crippen LogP contribution >= 0.6 is 15.9 Å². The monoisotopic (exact) mass is 368 g/mol. The zero-order valence-corrected chi connectivity index (χ0v) is 13.0. The molecule has 0 aliphatic carbocycles. The van der Waals surface area contributed by atoms with Gasteiger partial charge in [0.05, 0.1) is 11.2 Å². The van der Waals surface area contributed by atoms with Gasteiger partial charge in [-0.05, 0) is 22.0 Å². The highest BCUT2D eigenvalue weighted by atomic mass is 79.9. The third-order valence-corrected chi connectivity index (χ3v) is 3.89. The molecule has 118 valence electrons. The first-order chi connectivity index (χ1) is 9.71. The summed E-state index contributed by atoms with van der Waals surface area (Å²) in [5, 5.41) is 10.4. The molecule has 0 aromatic carbocycles. The molecule has 0 amide bonds. The maximum atomic E-state index is 13.1. The summed E-state index contributed by atoms with van der Waals surface area (Å²) >= 11 is 3.00. The Morgan fingerprint density at radius 3 is 2.62 bits per heavy atom. The van der Waals surface area contributed by atoms with Crippen LogP contribution in [0.1, 0.15) is 18.4 Å². The molecule has 1 aromatic rings. The average Bonchev–Trinajstić information content (AvgIpc) is 2.37. The standard InChI is InChI=1S/C13H16BrF3N2O2/c1-19(8-12(20)2-4-21-5-3-12)11-10(13(15,16)17)6-9(14)7-18-11/h6-7,20H,2-5,8H2,1H3. The van der Waals surface area contributed by atoms with Crippen LogP contribution in [0.3, 0.4) is 0 Å². The number of alkyl halides is 3. The quantitative estimate of drug-likeness (QED) is 0.890. The van der Waals surface area contributed by atoms with E-state index in [1.54, 1.807) is 0 Å². The summed E-state index contributed by atoms with van der Waals surface area (Å²) in [4.78, 5) is 5.21. The lowest BCUT2D eigenvalue weighted by Crippen LogP contribution is -2.46. The lowest BCUT2D eigenvalue weighted by atomic mass is 9.94. The normalized spacial score (nSPS) is 18.6. The molecule has 0 bridgehead atoms. The molecule has 8 heteroatoms. The fraction of sp³-hybridized carbons (Fsp3) is 0.615. The topological polar surface area (TPSA) is 45.6 Å². The van der Waals surface area contributed by atoms with Crippen LogP contribution in [0.25, 0.3) is 0 Å². The Balaban J connectivity index is 2.24. The van der Waals surface area contributed by atoms with E-state index in [0.717, 1.165) is 6.07 Å². The van der Waals surface area contributed by atoms with E-state index >= 15 is 0 Å². The Kier molecular flexibility index (Phi) is 4.79. The average molecular weight is 369 g/mol. The van der Waals surface area contributed by atoms with Crippen LogP contribution < -0.4 is 4.90 Å². The number of likely N-dealkylation sites (N-methyl/N-ethyl adjacent to an activating group) is 1. The molecule has 1 N–H and O–H groups in total. The number of aliphatic hydroxyl groups is 1. The van der Waals surface area contributed by atoms with E-state index in [4.69, 9.17) is 4.74 Å². The predicted octanol–water partition coefficient (Wildman–Crippen LogP) is 2.84. The number of halogens is 4. The predicted molar refractivity (Wildman–Crippen MR) is 75.2 cm³/mol. The third kappa shape index (κ3) is 4.08. The number of rotatable bonds is 3. The number of ether oxygens (including phenoxy) is 1. The van der Waals surface area contributed by atoms with Crippen LogP contribution in [0, 0.1) is 0 Å². The molecule has 21 heavy (non-hydrogen) atoms. The molecule has 1 aliphatic heterocycles. The molecule has 1 aromatic heterocycles. The Labute approximate surface area is 129 Å². The Morgan fingerprint density at radius 1 is 1.43 bits per heavy atom. The van der Waals surface area contributed by atoms with Crippen LogP contribution in [0.2, 0.25) is 0 Å². The summed E-state index contributed by atoms with van der Waals surface area (Å²) in [7, 11) is 1.50. The molecule has 2 heterocycles. The third-order valence-electron chi connectivity index (χ3n) is 3.46. The van der Waals surface area contributed by atoms with Crippen molar-refractivity contribution in [2.45, 2.75) is 24.6 Å². The maximum absolute atomic E-state index is 13.1. The Morgan fingerprint density at radius 2 is 2.05 bits per heavy atom. The minimum absolute atomic E-state index is 0.0775. The van der Waals surface area contributed by atoms with Gasteiger partial charge in [0.15, 0.2) is 0 Å². The van der Waals surface area contributed by atoms with Gasteiger partial charge in [0.1, 0.15) is 5.82 Å². The number of hydrogen-bond acceptors (Lipinski definition) is 4. The summed E-state index contributed by atoms with van der Waals surface area (Å²) in [5.74, 6) is -0.189. The van der Waals surface area contributed by atoms with Gasteiger partial charge in [-0.1, -0.05) is 0 Å². The zero-order valence-electron chi connectivity index (χ0n) is 11.5. The molecule has 0 radical (unpaired) electrons. The van der Waals surface area contributed by atoms with E-state index in [1.165, 1.54) is 18.1 Å². The molecule has 2 rings (SSSR count). The number of hydrogen-bond donors (Lipinski definition) is 1. The van der Waals surface area contributed by atoms with Crippen molar-refractivity contribution >= 4 is 21.7 Å². The molecule has 1 saturated heterocycles. The molecule has 0 atom stereocenters. The fourth-order valence-corrected chi connectivity index (χ4v) is 2.70. The van der Waals surface area contributed by atoms with E-state index in [0.29, 0.717) is 26.1 Å². The van der Waals surface area contributed by atoms with Crippen LogP contribution in [0.15, 0.2) is 16.7 Å². The highest BCUT2D eigenvalue weighted by Crippen LogP contribution is 2.37. The van der Waals surface area contributed by atoms with E-state index in [-0.39, 0.29) is 16.8 Å². The number of aromatic nitrogens is 1. The summed E-state index contributed by atoms with van der Waals surface area (Å²) in [5.41, 5.74) is -1.88. The number of pyridine rings is 1. The van der Waals surface area contributed by atoms with Gasteiger partial charge in [0.25, 0.3) is 0 Å². The zero-order chi connectivity index (χ0) is 15.7. The van der Waals surface area contributed by atoms with Gasteiger partial charge in [-0.2, -0.15) is 13.2 Å². The summed E-state index contributed by atoms with van der Waals surface area (Å²) < 4.78 is 44.7. The molecule has 0 unspecified atom stereocenters. The lowest BCUT2D eigenvalue weighted by Gasteiger charge is -2.36. The van der Waals surface area contributed by atoms with E-state index in [1.807, 2.05) is 0 Å². The molecule has 1 aliphatic rings. The highest BCUT2D eigenvalue weighted by molar-refractivity contribution is 9.10. The van der Waals surface area contributed by atoms with Crippen LogP contribution in [-0.2, 0) is 10.9 Å². The molecule has 4 nitrogen and oxygen atoms in total. The van der Waals surface area contributed by atoms with E-state index < -0.39 is 17.3 Å². The van der Waals surface area contributed by atoms with Gasteiger partial charge in [-0.25, -0.2) is 4.98 Å². The van der Waals surface area contributed by atoms with Crippen molar-refractivity contribution < 1.29 is 23.0 Å². The second-order valence-electron chi connectivity index (χ2n) is 5.22. The molecular weight excluding hydrogens is 353 g/mol. The minimum Gasteiger partial charge on any atom is -0.388 e. The molecule has 0 spiro atoms. The van der Waals surface area contributed by atoms with Crippen molar-refractivity contribution in [2.75, 3.05) is 31.7 Å². The van der Waals surface area contributed by atoms with Crippen molar-refractivity contribution in [1.29, 1.82) is 0 Å². The minimum atomic E-state index is -4.50. The fourth-order valence-electron chi connectivity index (χ4n) is 2.37. The van der Waals surface area contributed by atoms with Gasteiger partial charge in [-0.3, -0.25) is 0 Å². The van der Waals surface area contributed by atoms with Crippen molar-refractivity contribution in [1.82, 2.24) is 4.98 Å². The van der Waals surface area contributed by atoms with Gasteiger partial charge >= 0.3 is 6.18 Å². The van der Waals surface area contributed by atoms with Crippen molar-refractivity contribution in [3.8, 4) is 0 Å². The summed E-state index contributed by atoms with van der Waals surface area (Å²) in [6.07, 6.45) is -2.39. The first-order valence-corrected chi connectivity index (χ1v) is 7.25. The van der Waals surface area contributed by atoms with Crippen LogP contribution in [0.5, 0.6) is 0 Å². The van der Waals surface area contributed by atoms with Crippen molar-refractivity contribution in [2.24, 2.45) is 0 Å². The van der Waals surface area contributed by atoms with E-state index in [2.05, 4.69) is 20.9 Å². The number of nitrogens with zero attached hydrogens (tertiary/aromatic N) is 2. The first kappa shape index (κ1) is 16.5. The van der Waals surface area contributed by atoms with Crippen LogP contribution in [-0.4, -0.2) is 42.5 Å². The van der Waals surface area contributed by atoms with Gasteiger partial charge < -0.3 is 14.7 Å². The number of anilines is 1. The second kappa shape index (κ2) is 6.10. The SMILES string of the molecule is CN(CC1(O)CCOCC1)c1ncc(Br)cc1C(F)(F)F. The summed E-state index contributed by atoms with van der Waals surface area (Å²) in [6.45, 7) is 0.891. The smallest absolute Gasteiger partial charge is 0.388 e. The van der Waals surface area contributed by atoms with Crippen molar-refractivity contribution in [3.05, 3.63) is 22.3 Å². The summed E-state index contributed by atoms with van der Waals surface area (Å²) in [6, 6.07) is 0.993. The Bertz CT molecular complexity index is 505. The highest BCUT2D eigenvalue weighted by Gasteiger charge is 2.38. The second-order valence-corrected chi connectivity index (χ2v) is 6.13. The van der Waals surface area contributed by atoms with E-state index in [9.17, 15) is 18.3 Å². The molecule has 0 saturated carbocycles. The molecular formula is C13H16BrF3N2O2. The maximum Gasteiger partial charge on any atom is 0.419 e. The molecule has 1 fully saturated rings. The Hall–Kier alpha value is -0.860. The van der Waals surface area contributed by atoms with Crippen molar-refractivity contribution in [3.63, 3.8) is 0 Å². The van der Waals surface area contributed by atoms with Gasteiger partial charge in [0, 0.05) is 50.3 Å². The first-order valence-electron chi connectivity index (χ1n) is 6.45. The van der Waals surface area contributed by atoms with Crippen LogP contribution in [0.4, 0.5) is 19.0 Å².